The van der Waals surface area contributed by atoms with Gasteiger partial charge < -0.3 is 14.8 Å². The second-order valence-corrected chi connectivity index (χ2v) is 7.97. The van der Waals surface area contributed by atoms with Crippen LogP contribution in [0.25, 0.3) is 10.6 Å². The standard InChI is InChI=1S/C23H25ClN2O3S/c1-4-28-19-11-10-16(14-20(19)29-5-2)12-13-25-22(27)21-15(3)26-23(30-21)17-8-6-7-9-18(17)24/h6-11,14H,4-5,12-13H2,1-3H3,(H,25,27). The number of halogens is 1. The van der Waals surface area contributed by atoms with Crippen LogP contribution in [0.5, 0.6) is 11.5 Å². The number of nitrogens with one attached hydrogen (secondary N) is 1. The minimum atomic E-state index is -0.126. The Labute approximate surface area is 186 Å². The Morgan fingerprint density at radius 2 is 1.83 bits per heavy atom. The van der Waals surface area contributed by atoms with Crippen LogP contribution in [0.2, 0.25) is 5.02 Å². The average molecular weight is 445 g/mol. The first-order valence-corrected chi connectivity index (χ1v) is 11.1. The van der Waals surface area contributed by atoms with Crippen molar-refractivity contribution in [2.45, 2.75) is 27.2 Å². The van der Waals surface area contributed by atoms with E-state index in [4.69, 9.17) is 21.1 Å². The summed E-state index contributed by atoms with van der Waals surface area (Å²) in [5.41, 5.74) is 2.61. The van der Waals surface area contributed by atoms with Crippen molar-refractivity contribution >= 4 is 28.8 Å². The van der Waals surface area contributed by atoms with Crippen LogP contribution in [0.1, 0.15) is 34.8 Å². The highest BCUT2D eigenvalue weighted by Crippen LogP contribution is 2.33. The first-order valence-electron chi connectivity index (χ1n) is 9.92. The maximum atomic E-state index is 12.7. The third-order valence-corrected chi connectivity index (χ3v) is 5.93. The number of hydrogen-bond donors (Lipinski definition) is 1. The molecule has 1 N–H and O–H groups in total. The molecule has 30 heavy (non-hydrogen) atoms. The summed E-state index contributed by atoms with van der Waals surface area (Å²) in [7, 11) is 0. The summed E-state index contributed by atoms with van der Waals surface area (Å²) in [6, 6.07) is 13.4. The Hall–Kier alpha value is -2.57. The summed E-state index contributed by atoms with van der Waals surface area (Å²) in [5.74, 6) is 1.34. The highest BCUT2D eigenvalue weighted by molar-refractivity contribution is 7.17. The van der Waals surface area contributed by atoms with Crippen LogP contribution in [-0.4, -0.2) is 30.6 Å². The zero-order chi connectivity index (χ0) is 21.5. The number of aryl methyl sites for hydroxylation is 1. The van der Waals surface area contributed by atoms with Crippen LogP contribution in [0.4, 0.5) is 0 Å². The molecular formula is C23H25ClN2O3S. The number of aromatic nitrogens is 1. The minimum Gasteiger partial charge on any atom is -0.490 e. The number of carbonyl (C=O) groups excluding carboxylic acids is 1. The first kappa shape index (κ1) is 22.1. The van der Waals surface area contributed by atoms with Crippen molar-refractivity contribution in [2.24, 2.45) is 0 Å². The van der Waals surface area contributed by atoms with Gasteiger partial charge in [0.05, 0.1) is 23.9 Å². The maximum Gasteiger partial charge on any atom is 0.263 e. The second kappa shape index (κ2) is 10.5. The van der Waals surface area contributed by atoms with Gasteiger partial charge in [-0.15, -0.1) is 11.3 Å². The number of benzene rings is 2. The van der Waals surface area contributed by atoms with Gasteiger partial charge in [0.15, 0.2) is 11.5 Å². The van der Waals surface area contributed by atoms with Crippen LogP contribution < -0.4 is 14.8 Å². The summed E-state index contributed by atoms with van der Waals surface area (Å²) >= 11 is 7.62. The molecule has 0 radical (unpaired) electrons. The van der Waals surface area contributed by atoms with E-state index in [1.54, 1.807) is 0 Å². The van der Waals surface area contributed by atoms with Gasteiger partial charge in [0.2, 0.25) is 0 Å². The first-order chi connectivity index (χ1) is 14.5. The predicted molar refractivity (Wildman–Crippen MR) is 122 cm³/mol. The van der Waals surface area contributed by atoms with Gasteiger partial charge in [-0.25, -0.2) is 4.98 Å². The Bertz CT molecular complexity index is 1020. The predicted octanol–water partition coefficient (Wildman–Crippen LogP) is 5.54. The third kappa shape index (κ3) is 5.32. The Kier molecular flexibility index (Phi) is 7.71. The van der Waals surface area contributed by atoms with Gasteiger partial charge in [0.25, 0.3) is 5.91 Å². The summed E-state index contributed by atoms with van der Waals surface area (Å²) in [6.45, 7) is 7.39. The largest absolute Gasteiger partial charge is 0.490 e. The molecule has 2 aromatic carbocycles. The number of ether oxygens (including phenoxy) is 2. The Morgan fingerprint density at radius 1 is 1.10 bits per heavy atom. The Morgan fingerprint density at radius 3 is 2.57 bits per heavy atom. The molecule has 0 atom stereocenters. The molecule has 0 aliphatic rings. The zero-order valence-corrected chi connectivity index (χ0v) is 18.9. The summed E-state index contributed by atoms with van der Waals surface area (Å²) in [4.78, 5) is 17.8. The van der Waals surface area contributed by atoms with Crippen LogP contribution in [0, 0.1) is 6.92 Å². The molecule has 0 saturated heterocycles. The van der Waals surface area contributed by atoms with Gasteiger partial charge >= 0.3 is 0 Å². The summed E-state index contributed by atoms with van der Waals surface area (Å²) in [5, 5.41) is 4.36. The molecule has 0 aliphatic carbocycles. The molecule has 0 unspecified atom stereocenters. The quantitative estimate of drug-likeness (QED) is 0.470. The summed E-state index contributed by atoms with van der Waals surface area (Å²) in [6.07, 6.45) is 0.688. The van der Waals surface area contributed by atoms with E-state index in [-0.39, 0.29) is 5.91 Å². The van der Waals surface area contributed by atoms with Gasteiger partial charge in [-0.2, -0.15) is 0 Å². The minimum absolute atomic E-state index is 0.126. The van der Waals surface area contributed by atoms with E-state index in [9.17, 15) is 4.79 Å². The van der Waals surface area contributed by atoms with Gasteiger partial charge in [-0.3, -0.25) is 4.79 Å². The highest BCUT2D eigenvalue weighted by atomic mass is 35.5. The number of thiazole rings is 1. The van der Waals surface area contributed by atoms with E-state index >= 15 is 0 Å². The smallest absolute Gasteiger partial charge is 0.263 e. The lowest BCUT2D eigenvalue weighted by molar-refractivity contribution is 0.0957. The fraction of sp³-hybridized carbons (Fsp3) is 0.304. The molecule has 5 nitrogen and oxygen atoms in total. The SMILES string of the molecule is CCOc1ccc(CCNC(=O)c2sc(-c3ccccc3Cl)nc2C)cc1OCC. The molecule has 0 bridgehead atoms. The Balaban J connectivity index is 1.64. The molecule has 158 valence electrons. The molecule has 0 fully saturated rings. The van der Waals surface area contributed by atoms with Crippen molar-refractivity contribution < 1.29 is 14.3 Å². The molecular weight excluding hydrogens is 420 g/mol. The van der Waals surface area contributed by atoms with Crippen LogP contribution in [0.3, 0.4) is 0 Å². The van der Waals surface area contributed by atoms with Gasteiger partial charge in [0.1, 0.15) is 9.88 Å². The fourth-order valence-electron chi connectivity index (χ4n) is 3.01. The second-order valence-electron chi connectivity index (χ2n) is 6.57. The lowest BCUT2D eigenvalue weighted by Crippen LogP contribution is -2.25. The van der Waals surface area contributed by atoms with Crippen molar-refractivity contribution in [3.63, 3.8) is 0 Å². The number of hydrogen-bond acceptors (Lipinski definition) is 5. The molecule has 1 amide bonds. The van der Waals surface area contributed by atoms with E-state index in [2.05, 4.69) is 10.3 Å². The average Bonchev–Trinajstić information content (AvgIpc) is 3.12. The van der Waals surface area contributed by atoms with E-state index in [1.165, 1.54) is 11.3 Å². The number of nitrogens with zero attached hydrogens (tertiary/aromatic N) is 1. The molecule has 1 heterocycles. The van der Waals surface area contributed by atoms with Crippen molar-refractivity contribution in [2.75, 3.05) is 19.8 Å². The van der Waals surface area contributed by atoms with Crippen molar-refractivity contribution in [1.29, 1.82) is 0 Å². The van der Waals surface area contributed by atoms with Crippen LogP contribution in [-0.2, 0) is 6.42 Å². The number of carbonyl (C=O) groups is 1. The number of rotatable bonds is 9. The molecule has 3 rings (SSSR count). The molecule has 0 aliphatic heterocycles. The highest BCUT2D eigenvalue weighted by Gasteiger charge is 2.17. The molecule has 7 heteroatoms. The zero-order valence-electron chi connectivity index (χ0n) is 17.3. The molecule has 0 saturated carbocycles. The fourth-order valence-corrected chi connectivity index (χ4v) is 4.31. The van der Waals surface area contributed by atoms with E-state index in [0.717, 1.165) is 27.6 Å². The van der Waals surface area contributed by atoms with Crippen molar-refractivity contribution in [1.82, 2.24) is 10.3 Å². The van der Waals surface area contributed by atoms with Crippen LogP contribution >= 0.6 is 22.9 Å². The topological polar surface area (TPSA) is 60.5 Å². The lowest BCUT2D eigenvalue weighted by Gasteiger charge is -2.12. The van der Waals surface area contributed by atoms with Crippen molar-refractivity contribution in [3.05, 3.63) is 63.6 Å². The summed E-state index contributed by atoms with van der Waals surface area (Å²) < 4.78 is 11.3. The molecule has 1 aromatic heterocycles. The monoisotopic (exact) mass is 444 g/mol. The van der Waals surface area contributed by atoms with Crippen molar-refractivity contribution in [3.8, 4) is 22.1 Å². The lowest BCUT2D eigenvalue weighted by atomic mass is 10.1. The van der Waals surface area contributed by atoms with Crippen LogP contribution in [0.15, 0.2) is 42.5 Å². The number of amides is 1. The van der Waals surface area contributed by atoms with Gasteiger partial charge in [0, 0.05) is 12.1 Å². The van der Waals surface area contributed by atoms with Gasteiger partial charge in [-0.1, -0.05) is 35.9 Å². The normalized spacial score (nSPS) is 10.7. The molecule has 3 aromatic rings. The van der Waals surface area contributed by atoms with Gasteiger partial charge in [-0.05, 0) is 51.0 Å². The molecule has 0 spiro atoms. The maximum absolute atomic E-state index is 12.7. The van der Waals surface area contributed by atoms with E-state index in [1.807, 2.05) is 63.2 Å². The third-order valence-electron chi connectivity index (χ3n) is 4.41. The van der Waals surface area contributed by atoms with E-state index in [0.29, 0.717) is 41.8 Å². The van der Waals surface area contributed by atoms with E-state index < -0.39 is 0 Å².